The third-order valence-corrected chi connectivity index (χ3v) is 2.94. The minimum Gasteiger partial charge on any atom is -0.395 e. The molecule has 106 valence electrons. The number of hydrogen-bond donors (Lipinski definition) is 0. The van der Waals surface area contributed by atoms with Crippen LogP contribution in [0.5, 0.6) is 11.5 Å². The summed E-state index contributed by atoms with van der Waals surface area (Å²) in [6.07, 6.45) is 0.676. The van der Waals surface area contributed by atoms with Crippen molar-refractivity contribution >= 4 is 18.4 Å². The second-order valence-corrected chi connectivity index (χ2v) is 4.49. The molecular formula is C16H10F2O3. The van der Waals surface area contributed by atoms with Crippen molar-refractivity contribution in [3.05, 3.63) is 59.2 Å². The van der Waals surface area contributed by atoms with Crippen LogP contribution in [0.2, 0.25) is 0 Å². The lowest BCUT2D eigenvalue weighted by Gasteiger charge is -2.04. The number of carbonyl (C=O) groups excluding carboxylic acids is 1. The third kappa shape index (κ3) is 2.91. The lowest BCUT2D eigenvalue weighted by atomic mass is 10.1. The van der Waals surface area contributed by atoms with Gasteiger partial charge in [0.2, 0.25) is 0 Å². The van der Waals surface area contributed by atoms with E-state index in [1.165, 1.54) is 12.1 Å². The molecule has 0 spiro atoms. The van der Waals surface area contributed by atoms with Gasteiger partial charge in [-0.25, -0.2) is 0 Å². The van der Waals surface area contributed by atoms with Gasteiger partial charge in [0.25, 0.3) is 0 Å². The van der Waals surface area contributed by atoms with Crippen LogP contribution in [0.1, 0.15) is 21.5 Å². The summed E-state index contributed by atoms with van der Waals surface area (Å²) >= 11 is 0. The number of halogens is 2. The molecular weight excluding hydrogens is 278 g/mol. The molecule has 5 heteroatoms. The quantitative estimate of drug-likeness (QED) is 0.632. The van der Waals surface area contributed by atoms with Crippen molar-refractivity contribution < 1.29 is 23.0 Å². The lowest BCUT2D eigenvalue weighted by Crippen LogP contribution is -2.25. The molecule has 1 heterocycles. The van der Waals surface area contributed by atoms with Crippen LogP contribution in [0.4, 0.5) is 8.78 Å². The summed E-state index contributed by atoms with van der Waals surface area (Å²) < 4.78 is 34.5. The first kappa shape index (κ1) is 13.3. The molecule has 3 rings (SSSR count). The minimum absolute atomic E-state index is 0.00351. The summed E-state index contributed by atoms with van der Waals surface area (Å²) in [7, 11) is 0. The molecule has 0 bridgehead atoms. The van der Waals surface area contributed by atoms with Gasteiger partial charge < -0.3 is 9.47 Å². The molecule has 0 saturated carbocycles. The number of aldehydes is 1. The summed E-state index contributed by atoms with van der Waals surface area (Å²) in [6, 6.07) is 11.6. The molecule has 0 atom stereocenters. The van der Waals surface area contributed by atoms with Crippen molar-refractivity contribution in [3.8, 4) is 11.5 Å². The first-order valence-electron chi connectivity index (χ1n) is 6.19. The molecule has 0 saturated heterocycles. The van der Waals surface area contributed by atoms with Crippen LogP contribution in [0.25, 0.3) is 12.2 Å². The highest BCUT2D eigenvalue weighted by Crippen LogP contribution is 2.41. The Hall–Kier alpha value is -2.69. The van der Waals surface area contributed by atoms with E-state index in [0.29, 0.717) is 11.1 Å². The monoisotopic (exact) mass is 288 g/mol. The van der Waals surface area contributed by atoms with Gasteiger partial charge >= 0.3 is 6.29 Å². The highest BCUT2D eigenvalue weighted by molar-refractivity contribution is 5.78. The van der Waals surface area contributed by atoms with E-state index in [4.69, 9.17) is 0 Å². The van der Waals surface area contributed by atoms with E-state index in [2.05, 4.69) is 9.47 Å². The molecule has 2 aromatic carbocycles. The maximum absolute atomic E-state index is 12.9. The van der Waals surface area contributed by atoms with E-state index in [9.17, 15) is 13.6 Å². The SMILES string of the molecule is O=Cc1cccc(/C=C/c2ccc3c(c2)OC(F)(F)O3)c1. The molecule has 0 radical (unpaired) electrons. The maximum atomic E-state index is 12.9. The molecule has 0 fully saturated rings. The second-order valence-electron chi connectivity index (χ2n) is 4.49. The average molecular weight is 288 g/mol. The molecule has 21 heavy (non-hydrogen) atoms. The van der Waals surface area contributed by atoms with E-state index in [1.54, 1.807) is 36.4 Å². The van der Waals surface area contributed by atoms with Gasteiger partial charge in [0, 0.05) is 5.56 Å². The normalized spacial score (nSPS) is 15.3. The Kier molecular flexibility index (Phi) is 3.17. The Balaban J connectivity index is 1.83. The number of alkyl halides is 2. The molecule has 3 nitrogen and oxygen atoms in total. The smallest absolute Gasteiger partial charge is 0.395 e. The number of rotatable bonds is 3. The van der Waals surface area contributed by atoms with Crippen LogP contribution in [0.15, 0.2) is 42.5 Å². The standard InChI is InChI=1S/C16H10F2O3/c17-16(18)20-14-7-6-12(9-15(14)21-16)5-4-11-2-1-3-13(8-11)10-19/h1-10H/b5-4+. The van der Waals surface area contributed by atoms with Crippen LogP contribution in [0.3, 0.4) is 0 Å². The third-order valence-electron chi connectivity index (χ3n) is 2.94. The zero-order chi connectivity index (χ0) is 14.9. The molecule has 0 unspecified atom stereocenters. The second kappa shape index (κ2) is 5.01. The number of hydrogen-bond acceptors (Lipinski definition) is 3. The highest BCUT2D eigenvalue weighted by Gasteiger charge is 2.43. The largest absolute Gasteiger partial charge is 0.586 e. The van der Waals surface area contributed by atoms with Crippen molar-refractivity contribution in [1.82, 2.24) is 0 Å². The summed E-state index contributed by atoms with van der Waals surface area (Å²) in [4.78, 5) is 10.7. The topological polar surface area (TPSA) is 35.5 Å². The van der Waals surface area contributed by atoms with Crippen LogP contribution in [0, 0.1) is 0 Å². The Morgan fingerprint density at radius 2 is 1.52 bits per heavy atom. The lowest BCUT2D eigenvalue weighted by molar-refractivity contribution is -0.286. The molecule has 0 amide bonds. The molecule has 0 N–H and O–H groups in total. The first-order chi connectivity index (χ1) is 10.1. The number of carbonyl (C=O) groups is 1. The Morgan fingerprint density at radius 3 is 2.29 bits per heavy atom. The van der Waals surface area contributed by atoms with Gasteiger partial charge in [-0.3, -0.25) is 4.79 Å². The fourth-order valence-electron chi connectivity index (χ4n) is 2.00. The minimum atomic E-state index is -3.61. The molecule has 0 aromatic heterocycles. The predicted molar refractivity (Wildman–Crippen MR) is 73.4 cm³/mol. The van der Waals surface area contributed by atoms with E-state index in [-0.39, 0.29) is 11.5 Å². The first-order valence-corrected chi connectivity index (χ1v) is 6.19. The van der Waals surface area contributed by atoms with Crippen molar-refractivity contribution in [1.29, 1.82) is 0 Å². The summed E-state index contributed by atoms with van der Waals surface area (Å²) in [6.45, 7) is 0. The molecule has 1 aliphatic heterocycles. The fourth-order valence-corrected chi connectivity index (χ4v) is 2.00. The van der Waals surface area contributed by atoms with Gasteiger partial charge in [0.15, 0.2) is 11.5 Å². The van der Waals surface area contributed by atoms with Crippen LogP contribution in [-0.4, -0.2) is 12.6 Å². The Bertz CT molecular complexity index is 723. The van der Waals surface area contributed by atoms with Gasteiger partial charge in [-0.2, -0.15) is 0 Å². The van der Waals surface area contributed by atoms with Gasteiger partial charge in [-0.15, -0.1) is 8.78 Å². The highest BCUT2D eigenvalue weighted by atomic mass is 19.3. The number of ether oxygens (including phenoxy) is 2. The van der Waals surface area contributed by atoms with Crippen molar-refractivity contribution in [3.63, 3.8) is 0 Å². The number of fused-ring (bicyclic) bond motifs is 1. The molecule has 0 aliphatic carbocycles. The van der Waals surface area contributed by atoms with Crippen molar-refractivity contribution in [2.24, 2.45) is 0 Å². The van der Waals surface area contributed by atoms with Crippen LogP contribution < -0.4 is 9.47 Å². The summed E-state index contributed by atoms with van der Waals surface area (Å²) in [5, 5.41) is 0. The van der Waals surface area contributed by atoms with Crippen LogP contribution in [-0.2, 0) is 0 Å². The van der Waals surface area contributed by atoms with Crippen molar-refractivity contribution in [2.75, 3.05) is 0 Å². The van der Waals surface area contributed by atoms with E-state index in [0.717, 1.165) is 11.8 Å². The van der Waals surface area contributed by atoms with Gasteiger partial charge in [-0.05, 0) is 29.3 Å². The van der Waals surface area contributed by atoms with Gasteiger partial charge in [0.1, 0.15) is 6.29 Å². The van der Waals surface area contributed by atoms with Gasteiger partial charge in [0.05, 0.1) is 0 Å². The maximum Gasteiger partial charge on any atom is 0.586 e. The summed E-state index contributed by atoms with van der Waals surface area (Å²) in [5.74, 6) is 0.0175. The molecule has 2 aromatic rings. The van der Waals surface area contributed by atoms with E-state index >= 15 is 0 Å². The predicted octanol–water partition coefficient (Wildman–Crippen LogP) is 3.99. The number of benzene rings is 2. The van der Waals surface area contributed by atoms with Gasteiger partial charge in [-0.1, -0.05) is 36.4 Å². The Labute approximate surface area is 119 Å². The van der Waals surface area contributed by atoms with Crippen LogP contribution >= 0.6 is 0 Å². The van der Waals surface area contributed by atoms with Crippen molar-refractivity contribution in [2.45, 2.75) is 6.29 Å². The fraction of sp³-hybridized carbons (Fsp3) is 0.0625. The average Bonchev–Trinajstić information content (AvgIpc) is 2.78. The Morgan fingerprint density at radius 1 is 0.857 bits per heavy atom. The summed E-state index contributed by atoms with van der Waals surface area (Å²) in [5.41, 5.74) is 2.09. The zero-order valence-electron chi connectivity index (χ0n) is 10.8. The zero-order valence-corrected chi connectivity index (χ0v) is 10.8. The van der Waals surface area contributed by atoms with E-state index in [1.807, 2.05) is 6.07 Å². The van der Waals surface area contributed by atoms with E-state index < -0.39 is 6.29 Å². The molecule has 1 aliphatic rings.